The van der Waals surface area contributed by atoms with Gasteiger partial charge in [-0.2, -0.15) is 0 Å². The Labute approximate surface area is 84.8 Å². The van der Waals surface area contributed by atoms with Crippen LogP contribution in [0.4, 0.5) is 0 Å². The van der Waals surface area contributed by atoms with E-state index in [0.717, 1.165) is 6.61 Å². The molecule has 2 heteroatoms. The van der Waals surface area contributed by atoms with Crippen LogP contribution in [-0.4, -0.2) is 19.8 Å². The van der Waals surface area contributed by atoms with Gasteiger partial charge in [-0.25, -0.2) is 0 Å². The summed E-state index contributed by atoms with van der Waals surface area (Å²) in [6.45, 7) is 6.38. The van der Waals surface area contributed by atoms with E-state index in [1.807, 2.05) is 0 Å². The predicted octanol–water partition coefficient (Wildman–Crippen LogP) is 2.39. The van der Waals surface area contributed by atoms with E-state index >= 15 is 0 Å². The molecule has 1 heterocycles. The van der Waals surface area contributed by atoms with Gasteiger partial charge in [0, 0.05) is 0 Å². The van der Waals surface area contributed by atoms with Crippen molar-refractivity contribution in [1.29, 1.82) is 0 Å². The smallest absolute Gasteiger partial charge is 0.106 e. The van der Waals surface area contributed by atoms with Crippen LogP contribution in [0, 0.1) is 13.8 Å². The lowest BCUT2D eigenvalue weighted by atomic mass is 9.99. The number of aryl methyl sites for hydroxylation is 1. The van der Waals surface area contributed by atoms with Crippen molar-refractivity contribution in [3.63, 3.8) is 0 Å². The van der Waals surface area contributed by atoms with E-state index in [9.17, 15) is 0 Å². The lowest BCUT2D eigenvalue weighted by Crippen LogP contribution is -2.22. The molecule has 2 rings (SSSR count). The maximum absolute atomic E-state index is 5.67. The van der Waals surface area contributed by atoms with Gasteiger partial charge in [0.1, 0.15) is 6.10 Å². The minimum Gasteiger partial charge on any atom is -0.376 e. The zero-order chi connectivity index (χ0) is 9.97. The van der Waals surface area contributed by atoms with E-state index in [1.165, 1.54) is 16.7 Å². The maximum atomic E-state index is 5.67. The van der Waals surface area contributed by atoms with Crippen molar-refractivity contribution in [3.05, 3.63) is 34.9 Å². The summed E-state index contributed by atoms with van der Waals surface area (Å²) in [5.74, 6) is 0. The van der Waals surface area contributed by atoms with Crippen molar-refractivity contribution in [2.75, 3.05) is 19.8 Å². The highest BCUT2D eigenvalue weighted by Gasteiger charge is 2.18. The molecule has 0 bridgehead atoms. The molecule has 1 aliphatic rings. The highest BCUT2D eigenvalue weighted by Crippen LogP contribution is 2.25. The standard InChI is InChI=1S/C12H16O2/c1-9-4-3-5-11(10(9)2)12-8-13-6-7-14-12/h3-5,12H,6-8H2,1-2H3. The van der Waals surface area contributed by atoms with Crippen LogP contribution in [0.5, 0.6) is 0 Å². The topological polar surface area (TPSA) is 18.5 Å². The van der Waals surface area contributed by atoms with Gasteiger partial charge in [0.05, 0.1) is 19.8 Å². The summed E-state index contributed by atoms with van der Waals surface area (Å²) in [6.07, 6.45) is 0.128. The lowest BCUT2D eigenvalue weighted by molar-refractivity contribution is -0.0903. The zero-order valence-electron chi connectivity index (χ0n) is 8.75. The van der Waals surface area contributed by atoms with Crippen LogP contribution in [0.1, 0.15) is 22.8 Å². The second-order valence-electron chi connectivity index (χ2n) is 3.72. The highest BCUT2D eigenvalue weighted by molar-refractivity contribution is 5.34. The van der Waals surface area contributed by atoms with Gasteiger partial charge in [-0.1, -0.05) is 18.2 Å². The first-order valence-electron chi connectivity index (χ1n) is 5.04. The Morgan fingerprint density at radius 1 is 1.21 bits per heavy atom. The normalized spacial score (nSPS) is 22.3. The molecule has 0 amide bonds. The molecule has 14 heavy (non-hydrogen) atoms. The summed E-state index contributed by atoms with van der Waals surface area (Å²) >= 11 is 0. The number of hydrogen-bond acceptors (Lipinski definition) is 2. The molecule has 1 aromatic carbocycles. The van der Waals surface area contributed by atoms with Crippen molar-refractivity contribution in [1.82, 2.24) is 0 Å². The molecule has 0 spiro atoms. The van der Waals surface area contributed by atoms with E-state index in [1.54, 1.807) is 0 Å². The Hall–Kier alpha value is -0.860. The predicted molar refractivity (Wildman–Crippen MR) is 55.4 cm³/mol. The van der Waals surface area contributed by atoms with Crippen molar-refractivity contribution in [3.8, 4) is 0 Å². The molecule has 1 fully saturated rings. The molecule has 1 atom stereocenters. The second-order valence-corrected chi connectivity index (χ2v) is 3.72. The number of benzene rings is 1. The molecule has 1 aromatic rings. The van der Waals surface area contributed by atoms with Crippen LogP contribution in [0.2, 0.25) is 0 Å². The van der Waals surface area contributed by atoms with Crippen LogP contribution in [0.25, 0.3) is 0 Å². The number of hydrogen-bond donors (Lipinski definition) is 0. The Bertz CT molecular complexity index is 314. The van der Waals surface area contributed by atoms with Crippen molar-refractivity contribution in [2.24, 2.45) is 0 Å². The maximum Gasteiger partial charge on any atom is 0.106 e. The summed E-state index contributed by atoms with van der Waals surface area (Å²) in [5.41, 5.74) is 3.91. The van der Waals surface area contributed by atoms with Gasteiger partial charge in [-0.3, -0.25) is 0 Å². The van der Waals surface area contributed by atoms with Gasteiger partial charge in [-0.05, 0) is 30.5 Å². The zero-order valence-corrected chi connectivity index (χ0v) is 8.75. The Morgan fingerprint density at radius 2 is 2.07 bits per heavy atom. The first kappa shape index (κ1) is 9.69. The summed E-state index contributed by atoms with van der Waals surface area (Å²) in [4.78, 5) is 0. The van der Waals surface area contributed by atoms with Crippen LogP contribution < -0.4 is 0 Å². The third-order valence-corrected chi connectivity index (χ3v) is 2.81. The van der Waals surface area contributed by atoms with Gasteiger partial charge in [0.25, 0.3) is 0 Å². The fraction of sp³-hybridized carbons (Fsp3) is 0.500. The number of rotatable bonds is 1. The average molecular weight is 192 g/mol. The lowest BCUT2D eigenvalue weighted by Gasteiger charge is -2.25. The van der Waals surface area contributed by atoms with Gasteiger partial charge >= 0.3 is 0 Å². The van der Waals surface area contributed by atoms with E-state index < -0.39 is 0 Å². The van der Waals surface area contributed by atoms with Gasteiger partial charge < -0.3 is 9.47 Å². The van der Waals surface area contributed by atoms with Crippen LogP contribution >= 0.6 is 0 Å². The van der Waals surface area contributed by atoms with E-state index in [4.69, 9.17) is 9.47 Å². The monoisotopic (exact) mass is 192 g/mol. The third-order valence-electron chi connectivity index (χ3n) is 2.81. The van der Waals surface area contributed by atoms with E-state index in [0.29, 0.717) is 13.2 Å². The van der Waals surface area contributed by atoms with Crippen LogP contribution in [0.15, 0.2) is 18.2 Å². The molecule has 0 radical (unpaired) electrons. The largest absolute Gasteiger partial charge is 0.376 e. The Balaban J connectivity index is 2.26. The quantitative estimate of drug-likeness (QED) is 0.680. The molecular formula is C12H16O2. The van der Waals surface area contributed by atoms with Crippen molar-refractivity contribution < 1.29 is 9.47 Å². The Kier molecular flexibility index (Phi) is 2.85. The molecular weight excluding hydrogens is 176 g/mol. The average Bonchev–Trinajstić information content (AvgIpc) is 2.23. The summed E-state index contributed by atoms with van der Waals surface area (Å²) in [6, 6.07) is 6.33. The molecule has 0 N–H and O–H groups in total. The first-order valence-corrected chi connectivity index (χ1v) is 5.04. The SMILES string of the molecule is Cc1cccc(C2COCCO2)c1C. The number of ether oxygens (including phenoxy) is 2. The molecule has 0 saturated carbocycles. The van der Waals surface area contributed by atoms with E-state index in [2.05, 4.69) is 32.0 Å². The summed E-state index contributed by atoms with van der Waals surface area (Å²) in [5, 5.41) is 0. The fourth-order valence-corrected chi connectivity index (χ4v) is 1.79. The van der Waals surface area contributed by atoms with Gasteiger partial charge in [0.15, 0.2) is 0 Å². The highest BCUT2D eigenvalue weighted by atomic mass is 16.6. The van der Waals surface area contributed by atoms with Crippen molar-refractivity contribution >= 4 is 0 Å². The molecule has 1 saturated heterocycles. The van der Waals surface area contributed by atoms with Gasteiger partial charge in [0.2, 0.25) is 0 Å². The summed E-state index contributed by atoms with van der Waals surface area (Å²) in [7, 11) is 0. The van der Waals surface area contributed by atoms with Gasteiger partial charge in [-0.15, -0.1) is 0 Å². The molecule has 0 aliphatic carbocycles. The molecule has 76 valence electrons. The molecule has 2 nitrogen and oxygen atoms in total. The van der Waals surface area contributed by atoms with Crippen molar-refractivity contribution in [2.45, 2.75) is 20.0 Å². The van der Waals surface area contributed by atoms with E-state index in [-0.39, 0.29) is 6.10 Å². The van der Waals surface area contributed by atoms with Crippen LogP contribution in [-0.2, 0) is 9.47 Å². The molecule has 1 unspecified atom stereocenters. The molecule has 1 aliphatic heterocycles. The Morgan fingerprint density at radius 3 is 2.79 bits per heavy atom. The first-order chi connectivity index (χ1) is 6.79. The summed E-state index contributed by atoms with van der Waals surface area (Å²) < 4.78 is 11.1. The minimum atomic E-state index is 0.128. The molecule has 0 aromatic heterocycles. The minimum absolute atomic E-state index is 0.128. The second kappa shape index (κ2) is 4.11. The van der Waals surface area contributed by atoms with Crippen LogP contribution in [0.3, 0.4) is 0 Å². The third kappa shape index (κ3) is 1.81. The fourth-order valence-electron chi connectivity index (χ4n) is 1.79.